The Morgan fingerprint density at radius 2 is 1.67 bits per heavy atom. The normalized spacial score (nSPS) is 14.8. The van der Waals surface area contributed by atoms with E-state index >= 15 is 0 Å². The van der Waals surface area contributed by atoms with E-state index in [0.29, 0.717) is 5.92 Å². The Morgan fingerprint density at radius 3 is 2.39 bits per heavy atom. The van der Waals surface area contributed by atoms with Crippen LogP contribution < -0.4 is 0 Å². The highest BCUT2D eigenvalue weighted by molar-refractivity contribution is 5.66. The third-order valence-electron chi connectivity index (χ3n) is 3.58. The van der Waals surface area contributed by atoms with Crippen molar-refractivity contribution < 1.29 is 0 Å². The zero-order valence-corrected chi connectivity index (χ0v) is 10.3. The van der Waals surface area contributed by atoms with Crippen molar-refractivity contribution in [3.8, 4) is 0 Å². The molecule has 0 bridgehead atoms. The van der Waals surface area contributed by atoms with E-state index in [2.05, 4.69) is 67.3 Å². The van der Waals surface area contributed by atoms with Crippen LogP contribution in [0.3, 0.4) is 0 Å². The van der Waals surface area contributed by atoms with Gasteiger partial charge in [-0.1, -0.05) is 72.3 Å². The molecule has 0 N–H and O–H groups in total. The van der Waals surface area contributed by atoms with Crippen LogP contribution in [0, 0.1) is 0 Å². The summed E-state index contributed by atoms with van der Waals surface area (Å²) in [5.74, 6) is 0.332. The first kappa shape index (κ1) is 11.0. The lowest BCUT2D eigenvalue weighted by Gasteiger charge is -2.14. The average molecular weight is 232 g/mol. The fourth-order valence-corrected chi connectivity index (χ4v) is 2.67. The van der Waals surface area contributed by atoms with Gasteiger partial charge in [-0.3, -0.25) is 0 Å². The maximum atomic E-state index is 4.00. The predicted octanol–water partition coefficient (Wildman–Crippen LogP) is 4.60. The van der Waals surface area contributed by atoms with Crippen LogP contribution in [-0.4, -0.2) is 0 Å². The van der Waals surface area contributed by atoms with Gasteiger partial charge in [0, 0.05) is 5.92 Å². The van der Waals surface area contributed by atoms with Crippen molar-refractivity contribution in [1.29, 1.82) is 0 Å². The van der Waals surface area contributed by atoms with Gasteiger partial charge in [0.2, 0.25) is 0 Å². The third kappa shape index (κ3) is 1.91. The summed E-state index contributed by atoms with van der Waals surface area (Å²) in [7, 11) is 0. The van der Waals surface area contributed by atoms with Crippen molar-refractivity contribution in [2.75, 3.05) is 0 Å². The molecule has 88 valence electrons. The molecule has 18 heavy (non-hydrogen) atoms. The molecule has 0 saturated carbocycles. The molecule has 1 aliphatic carbocycles. The van der Waals surface area contributed by atoms with Crippen LogP contribution in [0.2, 0.25) is 0 Å². The van der Waals surface area contributed by atoms with Gasteiger partial charge in [0.25, 0.3) is 0 Å². The molecule has 2 aromatic carbocycles. The van der Waals surface area contributed by atoms with Crippen molar-refractivity contribution in [2.45, 2.75) is 12.3 Å². The molecular formula is C18H16. The minimum atomic E-state index is 0.332. The lowest BCUT2D eigenvalue weighted by molar-refractivity contribution is 0.956. The lowest BCUT2D eigenvalue weighted by Crippen LogP contribution is -1.99. The highest BCUT2D eigenvalue weighted by Crippen LogP contribution is 2.35. The van der Waals surface area contributed by atoms with E-state index in [1.54, 1.807) is 0 Å². The van der Waals surface area contributed by atoms with Gasteiger partial charge in [-0.25, -0.2) is 0 Å². The van der Waals surface area contributed by atoms with Gasteiger partial charge in [0.05, 0.1) is 0 Å². The highest BCUT2D eigenvalue weighted by atomic mass is 14.2. The monoisotopic (exact) mass is 232 g/mol. The van der Waals surface area contributed by atoms with Gasteiger partial charge in [0.1, 0.15) is 0 Å². The standard InChI is InChI=1S/C18H16/c1-2-18(14-8-4-3-5-9-14)17-12-15-10-6-7-11-16(15)13-17/h2-12,18H,1,13H2/t18-/m0/s1. The quantitative estimate of drug-likeness (QED) is 0.679. The second kappa shape index (κ2) is 4.66. The number of rotatable bonds is 3. The summed E-state index contributed by atoms with van der Waals surface area (Å²) in [6.07, 6.45) is 5.41. The highest BCUT2D eigenvalue weighted by Gasteiger charge is 2.19. The fourth-order valence-electron chi connectivity index (χ4n) is 2.67. The van der Waals surface area contributed by atoms with Crippen molar-refractivity contribution in [3.63, 3.8) is 0 Å². The molecule has 3 rings (SSSR count). The Labute approximate surface area is 108 Å². The second-order valence-electron chi connectivity index (χ2n) is 4.72. The molecule has 0 fully saturated rings. The van der Waals surface area contributed by atoms with E-state index in [4.69, 9.17) is 0 Å². The summed E-state index contributed by atoms with van der Waals surface area (Å²) in [6, 6.07) is 19.2. The largest absolute Gasteiger partial charge is 0.102 e. The van der Waals surface area contributed by atoms with Crippen LogP contribution in [0.1, 0.15) is 22.6 Å². The first-order valence-corrected chi connectivity index (χ1v) is 6.34. The maximum Gasteiger partial charge on any atom is 0.0232 e. The number of hydrogen-bond donors (Lipinski definition) is 0. The summed E-state index contributed by atoms with van der Waals surface area (Å²) < 4.78 is 0. The molecule has 0 heterocycles. The number of hydrogen-bond acceptors (Lipinski definition) is 0. The maximum absolute atomic E-state index is 4.00. The topological polar surface area (TPSA) is 0 Å². The van der Waals surface area contributed by atoms with Crippen molar-refractivity contribution in [2.24, 2.45) is 0 Å². The minimum Gasteiger partial charge on any atom is -0.102 e. The molecular weight excluding hydrogens is 216 g/mol. The molecule has 1 aliphatic rings. The SMILES string of the molecule is C=C[C@H](C1=Cc2ccccc2C1)c1ccccc1. The molecule has 0 spiro atoms. The molecule has 0 aromatic heterocycles. The number of fused-ring (bicyclic) bond motifs is 1. The lowest BCUT2D eigenvalue weighted by atomic mass is 9.90. The minimum absolute atomic E-state index is 0.332. The van der Waals surface area contributed by atoms with Crippen molar-refractivity contribution in [3.05, 3.63) is 89.5 Å². The van der Waals surface area contributed by atoms with E-state index < -0.39 is 0 Å². The van der Waals surface area contributed by atoms with Gasteiger partial charge in [-0.2, -0.15) is 0 Å². The molecule has 0 nitrogen and oxygen atoms in total. The van der Waals surface area contributed by atoms with E-state index in [-0.39, 0.29) is 0 Å². The fraction of sp³-hybridized carbons (Fsp3) is 0.111. The summed E-state index contributed by atoms with van der Waals surface area (Å²) in [4.78, 5) is 0. The Morgan fingerprint density at radius 1 is 0.944 bits per heavy atom. The van der Waals surface area contributed by atoms with Crippen molar-refractivity contribution in [1.82, 2.24) is 0 Å². The van der Waals surface area contributed by atoms with Gasteiger partial charge in [-0.05, 0) is 23.1 Å². The summed E-state index contributed by atoms with van der Waals surface area (Å²) in [6.45, 7) is 4.00. The molecule has 2 aromatic rings. The van der Waals surface area contributed by atoms with E-state index in [0.717, 1.165) is 6.42 Å². The summed E-state index contributed by atoms with van der Waals surface area (Å²) in [5, 5.41) is 0. The van der Waals surface area contributed by atoms with Gasteiger partial charge in [0.15, 0.2) is 0 Å². The zero-order valence-electron chi connectivity index (χ0n) is 10.3. The van der Waals surface area contributed by atoms with Crippen LogP contribution in [0.4, 0.5) is 0 Å². The Kier molecular flexibility index (Phi) is 2.85. The Balaban J connectivity index is 1.95. The molecule has 0 aliphatic heterocycles. The number of benzene rings is 2. The first-order valence-electron chi connectivity index (χ1n) is 6.34. The molecule has 0 unspecified atom stereocenters. The Hall–Kier alpha value is -2.08. The zero-order chi connectivity index (χ0) is 12.4. The smallest absolute Gasteiger partial charge is 0.0232 e. The van der Waals surface area contributed by atoms with Gasteiger partial charge in [-0.15, -0.1) is 6.58 Å². The molecule has 0 saturated heterocycles. The molecule has 0 amide bonds. The third-order valence-corrected chi connectivity index (χ3v) is 3.58. The Bertz CT molecular complexity index is 590. The molecule has 1 atom stereocenters. The second-order valence-corrected chi connectivity index (χ2v) is 4.72. The first-order chi connectivity index (χ1) is 8.88. The van der Waals surface area contributed by atoms with Gasteiger partial charge < -0.3 is 0 Å². The number of allylic oxidation sites excluding steroid dienone is 2. The van der Waals surface area contributed by atoms with E-state index in [1.165, 1.54) is 22.3 Å². The van der Waals surface area contributed by atoms with Crippen LogP contribution in [0.25, 0.3) is 6.08 Å². The van der Waals surface area contributed by atoms with Crippen LogP contribution >= 0.6 is 0 Å². The van der Waals surface area contributed by atoms with Crippen LogP contribution in [-0.2, 0) is 6.42 Å². The molecule has 0 heteroatoms. The van der Waals surface area contributed by atoms with Crippen LogP contribution in [0.5, 0.6) is 0 Å². The van der Waals surface area contributed by atoms with Crippen LogP contribution in [0.15, 0.2) is 72.8 Å². The van der Waals surface area contributed by atoms with E-state index in [9.17, 15) is 0 Å². The summed E-state index contributed by atoms with van der Waals surface area (Å²) in [5.41, 5.74) is 5.55. The van der Waals surface area contributed by atoms with E-state index in [1.807, 2.05) is 6.08 Å². The average Bonchev–Trinajstić information content (AvgIpc) is 2.84. The van der Waals surface area contributed by atoms with Crippen molar-refractivity contribution >= 4 is 6.08 Å². The predicted molar refractivity (Wildman–Crippen MR) is 77.5 cm³/mol. The summed E-state index contributed by atoms with van der Waals surface area (Å²) >= 11 is 0. The van der Waals surface area contributed by atoms with Gasteiger partial charge >= 0.3 is 0 Å². The molecule has 0 radical (unpaired) electrons.